The number of rotatable bonds is 5. The molecule has 0 heteroatoms. The van der Waals surface area contributed by atoms with E-state index in [0.29, 0.717) is 0 Å². The highest BCUT2D eigenvalue weighted by atomic mass is 14.2. The molecule has 14 heavy (non-hydrogen) atoms. The van der Waals surface area contributed by atoms with Crippen molar-refractivity contribution in [2.75, 3.05) is 0 Å². The van der Waals surface area contributed by atoms with Gasteiger partial charge in [-0.1, -0.05) is 84.0 Å². The summed E-state index contributed by atoms with van der Waals surface area (Å²) < 4.78 is 0. The Hall–Kier alpha value is 0. The lowest BCUT2D eigenvalue weighted by atomic mass is 9.87. The third-order valence-electron chi connectivity index (χ3n) is 3.59. The molecule has 1 radical (unpaired) electrons. The average molecular weight is 195 g/mol. The van der Waals surface area contributed by atoms with Gasteiger partial charge in [0.15, 0.2) is 0 Å². The van der Waals surface area contributed by atoms with E-state index in [1.54, 1.807) is 0 Å². The van der Waals surface area contributed by atoms with E-state index < -0.39 is 0 Å². The maximum Gasteiger partial charge on any atom is -0.0414 e. The molecule has 0 aromatic rings. The Balaban J connectivity index is 2.02. The van der Waals surface area contributed by atoms with E-state index in [2.05, 4.69) is 6.92 Å². The molecule has 0 nitrogen and oxygen atoms in total. The van der Waals surface area contributed by atoms with E-state index in [4.69, 9.17) is 0 Å². The fourth-order valence-electron chi connectivity index (χ4n) is 2.62. The SMILES string of the molecule is [CH2]CCCCCC1CCCCCCC1. The van der Waals surface area contributed by atoms with Crippen LogP contribution < -0.4 is 0 Å². The summed E-state index contributed by atoms with van der Waals surface area (Å²) in [6.07, 6.45) is 17.4. The maximum absolute atomic E-state index is 3.90. The Kier molecular flexibility index (Phi) is 7.17. The van der Waals surface area contributed by atoms with Crippen LogP contribution in [0.3, 0.4) is 0 Å². The molecule has 0 unspecified atom stereocenters. The van der Waals surface area contributed by atoms with Gasteiger partial charge in [-0.2, -0.15) is 0 Å². The van der Waals surface area contributed by atoms with Gasteiger partial charge in [-0.05, 0) is 5.92 Å². The first-order valence-electron chi connectivity index (χ1n) is 6.72. The zero-order chi connectivity index (χ0) is 10.1. The second-order valence-corrected chi connectivity index (χ2v) is 4.91. The summed E-state index contributed by atoms with van der Waals surface area (Å²) in [7, 11) is 0. The van der Waals surface area contributed by atoms with Crippen LogP contribution in [0.15, 0.2) is 0 Å². The van der Waals surface area contributed by atoms with Crippen molar-refractivity contribution in [2.24, 2.45) is 5.92 Å². The molecule has 0 aliphatic heterocycles. The van der Waals surface area contributed by atoms with Crippen molar-refractivity contribution in [1.82, 2.24) is 0 Å². The topological polar surface area (TPSA) is 0 Å². The molecule has 83 valence electrons. The van der Waals surface area contributed by atoms with Crippen LogP contribution in [0.25, 0.3) is 0 Å². The summed E-state index contributed by atoms with van der Waals surface area (Å²) in [4.78, 5) is 0. The lowest BCUT2D eigenvalue weighted by molar-refractivity contribution is 0.348. The summed E-state index contributed by atoms with van der Waals surface area (Å²) in [6, 6.07) is 0. The maximum atomic E-state index is 3.90. The van der Waals surface area contributed by atoms with Crippen molar-refractivity contribution in [3.05, 3.63) is 6.92 Å². The zero-order valence-corrected chi connectivity index (χ0v) is 9.77. The Morgan fingerprint density at radius 2 is 1.43 bits per heavy atom. The fourth-order valence-corrected chi connectivity index (χ4v) is 2.62. The van der Waals surface area contributed by atoms with Crippen molar-refractivity contribution in [3.8, 4) is 0 Å². The van der Waals surface area contributed by atoms with Gasteiger partial charge in [0, 0.05) is 0 Å². The summed E-state index contributed by atoms with van der Waals surface area (Å²) in [6.45, 7) is 3.90. The van der Waals surface area contributed by atoms with Gasteiger partial charge >= 0.3 is 0 Å². The first-order chi connectivity index (χ1) is 6.93. The minimum Gasteiger partial charge on any atom is -0.0533 e. The highest BCUT2D eigenvalue weighted by Crippen LogP contribution is 2.26. The second-order valence-electron chi connectivity index (χ2n) is 4.91. The van der Waals surface area contributed by atoms with Crippen LogP contribution in [0.2, 0.25) is 0 Å². The largest absolute Gasteiger partial charge is 0.0533 e. The molecule has 0 atom stereocenters. The molecule has 0 amide bonds. The van der Waals surface area contributed by atoms with Crippen molar-refractivity contribution >= 4 is 0 Å². The van der Waals surface area contributed by atoms with Crippen LogP contribution >= 0.6 is 0 Å². The van der Waals surface area contributed by atoms with Crippen LogP contribution in [-0.2, 0) is 0 Å². The lowest BCUT2D eigenvalue weighted by Crippen LogP contribution is -2.03. The predicted octanol–water partition coefficient (Wildman–Crippen LogP) is 5.13. The molecule has 1 saturated carbocycles. The van der Waals surface area contributed by atoms with Crippen molar-refractivity contribution in [2.45, 2.75) is 77.0 Å². The van der Waals surface area contributed by atoms with Crippen molar-refractivity contribution < 1.29 is 0 Å². The van der Waals surface area contributed by atoms with E-state index in [1.807, 2.05) is 0 Å². The van der Waals surface area contributed by atoms with E-state index in [9.17, 15) is 0 Å². The fraction of sp³-hybridized carbons (Fsp3) is 0.929. The summed E-state index contributed by atoms with van der Waals surface area (Å²) in [5.41, 5.74) is 0. The van der Waals surface area contributed by atoms with Gasteiger partial charge in [-0.3, -0.25) is 0 Å². The van der Waals surface area contributed by atoms with Crippen LogP contribution in [0.5, 0.6) is 0 Å². The van der Waals surface area contributed by atoms with Crippen molar-refractivity contribution in [1.29, 1.82) is 0 Å². The Morgan fingerprint density at radius 1 is 0.786 bits per heavy atom. The van der Waals surface area contributed by atoms with Crippen molar-refractivity contribution in [3.63, 3.8) is 0 Å². The van der Waals surface area contributed by atoms with Crippen LogP contribution in [0.4, 0.5) is 0 Å². The number of hydrogen-bond donors (Lipinski definition) is 0. The van der Waals surface area contributed by atoms with Gasteiger partial charge in [0.05, 0.1) is 0 Å². The van der Waals surface area contributed by atoms with Gasteiger partial charge in [0.1, 0.15) is 0 Å². The summed E-state index contributed by atoms with van der Waals surface area (Å²) >= 11 is 0. The molecule has 1 aliphatic carbocycles. The smallest absolute Gasteiger partial charge is 0.0414 e. The minimum atomic E-state index is 1.07. The molecule has 1 aliphatic rings. The Bertz CT molecular complexity index is 109. The number of unbranched alkanes of at least 4 members (excludes halogenated alkanes) is 3. The predicted molar refractivity (Wildman–Crippen MR) is 64.3 cm³/mol. The second kappa shape index (κ2) is 8.32. The molecule has 1 fully saturated rings. The van der Waals surface area contributed by atoms with E-state index in [1.165, 1.54) is 70.6 Å². The van der Waals surface area contributed by atoms with E-state index in [0.717, 1.165) is 12.3 Å². The zero-order valence-electron chi connectivity index (χ0n) is 9.77. The number of hydrogen-bond acceptors (Lipinski definition) is 0. The summed E-state index contributed by atoms with van der Waals surface area (Å²) in [5, 5.41) is 0. The molecule has 0 aromatic heterocycles. The van der Waals surface area contributed by atoms with Crippen LogP contribution in [-0.4, -0.2) is 0 Å². The highest BCUT2D eigenvalue weighted by Gasteiger charge is 2.10. The van der Waals surface area contributed by atoms with Crippen LogP contribution in [0, 0.1) is 12.8 Å². The van der Waals surface area contributed by atoms with Gasteiger partial charge < -0.3 is 0 Å². The molecular formula is C14H27. The molecule has 0 heterocycles. The first kappa shape index (κ1) is 12.1. The van der Waals surface area contributed by atoms with Crippen LogP contribution in [0.1, 0.15) is 77.0 Å². The molecule has 0 spiro atoms. The third kappa shape index (κ3) is 5.67. The van der Waals surface area contributed by atoms with E-state index in [-0.39, 0.29) is 0 Å². The molecule has 0 bridgehead atoms. The normalized spacial score (nSPS) is 20.4. The third-order valence-corrected chi connectivity index (χ3v) is 3.59. The molecule has 1 rings (SSSR count). The van der Waals surface area contributed by atoms with Gasteiger partial charge in [0.25, 0.3) is 0 Å². The minimum absolute atomic E-state index is 1.07. The molecule has 0 saturated heterocycles. The Morgan fingerprint density at radius 3 is 2.07 bits per heavy atom. The average Bonchev–Trinajstić information content (AvgIpc) is 2.15. The van der Waals surface area contributed by atoms with E-state index >= 15 is 0 Å². The standard InChI is InChI=1S/C14H27/c1-2-3-4-8-11-14-12-9-6-5-7-10-13-14/h14H,1-13H2. The van der Waals surface area contributed by atoms with Gasteiger partial charge in [-0.15, -0.1) is 0 Å². The molecule has 0 aromatic carbocycles. The molecule has 0 N–H and O–H groups in total. The first-order valence-corrected chi connectivity index (χ1v) is 6.72. The Labute approximate surface area is 90.5 Å². The summed E-state index contributed by atoms with van der Waals surface area (Å²) in [5.74, 6) is 1.07. The monoisotopic (exact) mass is 195 g/mol. The van der Waals surface area contributed by atoms with Gasteiger partial charge in [-0.25, -0.2) is 0 Å². The lowest BCUT2D eigenvalue weighted by Gasteiger charge is -2.19. The highest BCUT2D eigenvalue weighted by molar-refractivity contribution is 4.64. The van der Waals surface area contributed by atoms with Gasteiger partial charge in [0.2, 0.25) is 0 Å². The molecular weight excluding hydrogens is 168 g/mol. The quantitative estimate of drug-likeness (QED) is 0.533.